The van der Waals surface area contributed by atoms with E-state index in [0.717, 1.165) is 32.7 Å². The highest BCUT2D eigenvalue weighted by Gasteiger charge is 2.21. The number of methoxy groups -OCH3 is 1. The number of hydrogen-bond donors (Lipinski definition) is 0. The fraction of sp³-hybridized carbons (Fsp3) is 0.389. The summed E-state index contributed by atoms with van der Waals surface area (Å²) in [5.74, 6) is 0. The van der Waals surface area contributed by atoms with Crippen LogP contribution in [0.2, 0.25) is 0 Å². The van der Waals surface area contributed by atoms with Gasteiger partial charge in [0.25, 0.3) is 0 Å². The molecule has 0 amide bonds. The first-order chi connectivity index (χ1) is 10.9. The molecule has 22 heavy (non-hydrogen) atoms. The first-order valence-electron chi connectivity index (χ1n) is 7.82. The van der Waals surface area contributed by atoms with Crippen molar-refractivity contribution in [3.63, 3.8) is 0 Å². The van der Waals surface area contributed by atoms with Crippen LogP contribution < -0.4 is 4.90 Å². The largest absolute Gasteiger partial charge is 0.375 e. The number of pyridine rings is 1. The molecule has 0 bridgehead atoms. The Balaban J connectivity index is 1.55. The average molecular weight is 297 g/mol. The van der Waals surface area contributed by atoms with E-state index in [9.17, 15) is 0 Å². The molecular formula is C18H23N3O. The molecule has 4 heteroatoms. The molecule has 1 aromatic carbocycles. The predicted molar refractivity (Wildman–Crippen MR) is 89.1 cm³/mol. The van der Waals surface area contributed by atoms with E-state index >= 15 is 0 Å². The summed E-state index contributed by atoms with van der Waals surface area (Å²) in [7, 11) is 1.80. The Morgan fingerprint density at radius 1 is 1.00 bits per heavy atom. The molecule has 0 unspecified atom stereocenters. The van der Waals surface area contributed by atoms with Crippen molar-refractivity contribution in [2.24, 2.45) is 0 Å². The van der Waals surface area contributed by atoms with Gasteiger partial charge in [0.1, 0.15) is 0 Å². The summed E-state index contributed by atoms with van der Waals surface area (Å²) in [6.07, 6.45) is 3.87. The van der Waals surface area contributed by atoms with Gasteiger partial charge in [0, 0.05) is 57.9 Å². The standard InChI is InChI=1S/C18H23N3O/c1-22-18(16-5-3-2-4-6-16)15-20-11-13-21(14-12-20)17-7-9-19-10-8-17/h2-10,18H,11-15H2,1H3/t18-/m0/s1. The maximum absolute atomic E-state index is 5.69. The Morgan fingerprint density at radius 3 is 2.32 bits per heavy atom. The van der Waals surface area contributed by atoms with Crippen molar-refractivity contribution in [3.05, 3.63) is 60.4 Å². The van der Waals surface area contributed by atoms with Gasteiger partial charge in [0.05, 0.1) is 6.10 Å². The van der Waals surface area contributed by atoms with E-state index in [1.807, 2.05) is 18.5 Å². The van der Waals surface area contributed by atoms with Crippen LogP contribution in [0.15, 0.2) is 54.9 Å². The summed E-state index contributed by atoms with van der Waals surface area (Å²) in [5.41, 5.74) is 2.52. The summed E-state index contributed by atoms with van der Waals surface area (Å²) in [6.45, 7) is 5.18. The molecule has 0 saturated carbocycles. The number of aromatic nitrogens is 1. The molecule has 1 aliphatic heterocycles. The normalized spacial score (nSPS) is 17.4. The van der Waals surface area contributed by atoms with Crippen molar-refractivity contribution in [1.82, 2.24) is 9.88 Å². The zero-order valence-electron chi connectivity index (χ0n) is 13.1. The van der Waals surface area contributed by atoms with Crippen molar-refractivity contribution >= 4 is 5.69 Å². The van der Waals surface area contributed by atoms with Gasteiger partial charge < -0.3 is 9.64 Å². The molecule has 1 atom stereocenters. The van der Waals surface area contributed by atoms with Crippen molar-refractivity contribution in [3.8, 4) is 0 Å². The predicted octanol–water partition coefficient (Wildman–Crippen LogP) is 2.59. The lowest BCUT2D eigenvalue weighted by Gasteiger charge is -2.37. The van der Waals surface area contributed by atoms with Crippen LogP contribution >= 0.6 is 0 Å². The molecule has 2 aromatic rings. The average Bonchev–Trinajstić information content (AvgIpc) is 2.62. The highest BCUT2D eigenvalue weighted by atomic mass is 16.5. The van der Waals surface area contributed by atoms with E-state index in [0.29, 0.717) is 0 Å². The maximum atomic E-state index is 5.69. The van der Waals surface area contributed by atoms with E-state index < -0.39 is 0 Å². The van der Waals surface area contributed by atoms with Gasteiger partial charge in [-0.05, 0) is 17.7 Å². The number of hydrogen-bond acceptors (Lipinski definition) is 4. The van der Waals surface area contributed by atoms with E-state index in [4.69, 9.17) is 4.74 Å². The third kappa shape index (κ3) is 3.64. The molecule has 0 N–H and O–H groups in total. The number of anilines is 1. The second kappa shape index (κ2) is 7.38. The van der Waals surface area contributed by atoms with Gasteiger partial charge in [-0.15, -0.1) is 0 Å². The van der Waals surface area contributed by atoms with Crippen LogP contribution in [0.3, 0.4) is 0 Å². The number of piperazine rings is 1. The van der Waals surface area contributed by atoms with E-state index in [1.165, 1.54) is 11.3 Å². The Bertz CT molecular complexity index is 553. The Morgan fingerprint density at radius 2 is 1.68 bits per heavy atom. The van der Waals surface area contributed by atoms with Gasteiger partial charge in [-0.3, -0.25) is 9.88 Å². The minimum absolute atomic E-state index is 0.147. The lowest BCUT2D eigenvalue weighted by molar-refractivity contribution is 0.0615. The van der Waals surface area contributed by atoms with Crippen LogP contribution in [0, 0.1) is 0 Å². The molecule has 0 aliphatic carbocycles. The van der Waals surface area contributed by atoms with Gasteiger partial charge in [0.15, 0.2) is 0 Å². The van der Waals surface area contributed by atoms with Crippen LogP contribution in [-0.4, -0.2) is 49.7 Å². The lowest BCUT2D eigenvalue weighted by atomic mass is 10.1. The third-order valence-electron chi connectivity index (χ3n) is 4.28. The topological polar surface area (TPSA) is 28.6 Å². The number of nitrogens with zero attached hydrogens (tertiary/aromatic N) is 3. The molecule has 3 rings (SSSR count). The van der Waals surface area contributed by atoms with Crippen LogP contribution in [0.5, 0.6) is 0 Å². The van der Waals surface area contributed by atoms with Crippen LogP contribution in [-0.2, 0) is 4.74 Å². The fourth-order valence-electron chi connectivity index (χ4n) is 2.96. The molecule has 0 spiro atoms. The third-order valence-corrected chi connectivity index (χ3v) is 4.28. The monoisotopic (exact) mass is 297 g/mol. The van der Waals surface area contributed by atoms with Crippen molar-refractivity contribution < 1.29 is 4.74 Å². The first kappa shape index (κ1) is 15.0. The number of benzene rings is 1. The summed E-state index contributed by atoms with van der Waals surface area (Å²) >= 11 is 0. The van der Waals surface area contributed by atoms with E-state index in [1.54, 1.807) is 7.11 Å². The van der Waals surface area contributed by atoms with Crippen molar-refractivity contribution in [2.45, 2.75) is 6.10 Å². The maximum Gasteiger partial charge on any atom is 0.0947 e. The molecule has 1 aromatic heterocycles. The minimum Gasteiger partial charge on any atom is -0.375 e. The van der Waals surface area contributed by atoms with Gasteiger partial charge >= 0.3 is 0 Å². The molecule has 2 heterocycles. The van der Waals surface area contributed by atoms with Crippen LogP contribution in [0.4, 0.5) is 5.69 Å². The quantitative estimate of drug-likeness (QED) is 0.848. The van der Waals surface area contributed by atoms with Gasteiger partial charge in [-0.25, -0.2) is 0 Å². The Kier molecular flexibility index (Phi) is 5.03. The number of ether oxygens (including phenoxy) is 1. The van der Waals surface area contributed by atoms with Crippen molar-refractivity contribution in [1.29, 1.82) is 0 Å². The molecule has 1 saturated heterocycles. The van der Waals surface area contributed by atoms with Crippen LogP contribution in [0.1, 0.15) is 11.7 Å². The van der Waals surface area contributed by atoms with Crippen LogP contribution in [0.25, 0.3) is 0 Å². The second-order valence-corrected chi connectivity index (χ2v) is 5.63. The highest BCUT2D eigenvalue weighted by molar-refractivity contribution is 5.44. The number of rotatable bonds is 5. The molecule has 1 aliphatic rings. The zero-order valence-corrected chi connectivity index (χ0v) is 13.1. The summed E-state index contributed by atoms with van der Waals surface area (Å²) in [6, 6.07) is 14.6. The van der Waals surface area contributed by atoms with Gasteiger partial charge in [0.2, 0.25) is 0 Å². The van der Waals surface area contributed by atoms with E-state index in [-0.39, 0.29) is 6.10 Å². The SMILES string of the molecule is CO[C@@H](CN1CCN(c2ccncc2)CC1)c1ccccc1. The summed E-state index contributed by atoms with van der Waals surface area (Å²) in [4.78, 5) is 8.99. The second-order valence-electron chi connectivity index (χ2n) is 5.63. The van der Waals surface area contributed by atoms with E-state index in [2.05, 4.69) is 51.2 Å². The molecule has 0 radical (unpaired) electrons. The van der Waals surface area contributed by atoms with Crippen molar-refractivity contribution in [2.75, 3.05) is 44.7 Å². The zero-order chi connectivity index (χ0) is 15.2. The summed E-state index contributed by atoms with van der Waals surface area (Å²) < 4.78 is 5.69. The summed E-state index contributed by atoms with van der Waals surface area (Å²) in [5, 5.41) is 0. The molecule has 4 nitrogen and oxygen atoms in total. The Labute approximate surface area is 132 Å². The molecular weight excluding hydrogens is 274 g/mol. The highest BCUT2D eigenvalue weighted by Crippen LogP contribution is 2.20. The smallest absolute Gasteiger partial charge is 0.0947 e. The minimum atomic E-state index is 0.147. The Hall–Kier alpha value is -1.91. The molecule has 1 fully saturated rings. The fourth-order valence-corrected chi connectivity index (χ4v) is 2.96. The lowest BCUT2D eigenvalue weighted by Crippen LogP contribution is -2.47. The first-order valence-corrected chi connectivity index (χ1v) is 7.82. The molecule has 116 valence electrons. The van der Waals surface area contributed by atoms with Gasteiger partial charge in [-0.1, -0.05) is 30.3 Å². The van der Waals surface area contributed by atoms with Gasteiger partial charge in [-0.2, -0.15) is 0 Å².